The van der Waals surface area contributed by atoms with Gasteiger partial charge in [0.2, 0.25) is 5.91 Å². The second-order valence-electron chi connectivity index (χ2n) is 8.71. The molecule has 7 heteroatoms. The molecule has 7 nitrogen and oxygen atoms in total. The summed E-state index contributed by atoms with van der Waals surface area (Å²) < 4.78 is 5.37. The molecule has 2 saturated heterocycles. The van der Waals surface area contributed by atoms with Gasteiger partial charge in [-0.2, -0.15) is 0 Å². The van der Waals surface area contributed by atoms with Gasteiger partial charge in [0.05, 0.1) is 13.2 Å². The molecule has 0 radical (unpaired) electrons. The lowest BCUT2D eigenvalue weighted by Gasteiger charge is -2.36. The average Bonchev–Trinajstić information content (AvgIpc) is 2.72. The van der Waals surface area contributed by atoms with Crippen LogP contribution in [-0.2, 0) is 9.53 Å². The summed E-state index contributed by atoms with van der Waals surface area (Å²) in [5.74, 6) is 1.47. The van der Waals surface area contributed by atoms with E-state index >= 15 is 0 Å². The van der Waals surface area contributed by atoms with E-state index in [4.69, 9.17) is 9.73 Å². The fourth-order valence-electron chi connectivity index (χ4n) is 4.36. The van der Waals surface area contributed by atoms with Crippen LogP contribution in [0.4, 0.5) is 0 Å². The summed E-state index contributed by atoms with van der Waals surface area (Å²) in [6, 6.07) is 1.13. The van der Waals surface area contributed by atoms with Crippen LogP contribution in [0.3, 0.4) is 0 Å². The lowest BCUT2D eigenvalue weighted by molar-refractivity contribution is -0.140. The molecule has 168 valence electrons. The Morgan fingerprint density at radius 2 is 1.69 bits per heavy atom. The zero-order chi connectivity index (χ0) is 21.2. The number of ether oxygens (including phenoxy) is 1. The van der Waals surface area contributed by atoms with Crippen molar-refractivity contribution in [2.75, 3.05) is 59.0 Å². The third-order valence-corrected chi connectivity index (χ3v) is 5.96. The smallest absolute Gasteiger partial charge is 0.225 e. The van der Waals surface area contributed by atoms with Crippen LogP contribution >= 0.6 is 0 Å². The van der Waals surface area contributed by atoms with E-state index in [1.54, 1.807) is 0 Å². The van der Waals surface area contributed by atoms with Crippen LogP contribution in [0, 0.1) is 5.92 Å². The molecule has 0 bridgehead atoms. The van der Waals surface area contributed by atoms with Gasteiger partial charge in [-0.25, -0.2) is 0 Å². The molecule has 29 heavy (non-hydrogen) atoms. The third kappa shape index (κ3) is 7.45. The predicted octanol–water partition coefficient (Wildman–Crippen LogP) is 2.03. The molecule has 2 rings (SSSR count). The maximum absolute atomic E-state index is 12.7. The van der Waals surface area contributed by atoms with Gasteiger partial charge in [0, 0.05) is 63.8 Å². The van der Waals surface area contributed by atoms with Crippen molar-refractivity contribution in [1.82, 2.24) is 20.0 Å². The number of amides is 1. The van der Waals surface area contributed by atoms with Crippen molar-refractivity contribution in [2.45, 2.75) is 66.0 Å². The van der Waals surface area contributed by atoms with Crippen molar-refractivity contribution in [3.05, 3.63) is 0 Å². The molecule has 0 unspecified atom stereocenters. The third-order valence-electron chi connectivity index (χ3n) is 5.96. The lowest BCUT2D eigenvalue weighted by atomic mass is 9.95. The number of carbonyl (C=O) groups is 1. The second kappa shape index (κ2) is 12.4. The van der Waals surface area contributed by atoms with E-state index in [-0.39, 0.29) is 5.92 Å². The van der Waals surface area contributed by atoms with Crippen LogP contribution in [0.5, 0.6) is 0 Å². The van der Waals surface area contributed by atoms with Gasteiger partial charge in [-0.3, -0.25) is 14.7 Å². The minimum absolute atomic E-state index is 0.151. The van der Waals surface area contributed by atoms with Gasteiger partial charge in [-0.05, 0) is 53.9 Å². The lowest BCUT2D eigenvalue weighted by Crippen LogP contribution is -2.50. The number of carbonyl (C=O) groups excluding carboxylic acids is 1. The van der Waals surface area contributed by atoms with E-state index in [0.29, 0.717) is 31.2 Å². The molecular formula is C22H43N5O2. The van der Waals surface area contributed by atoms with E-state index in [0.717, 1.165) is 71.0 Å². The quantitative estimate of drug-likeness (QED) is 0.378. The van der Waals surface area contributed by atoms with Crippen molar-refractivity contribution in [2.24, 2.45) is 10.9 Å². The van der Waals surface area contributed by atoms with Crippen molar-refractivity contribution < 1.29 is 9.53 Å². The van der Waals surface area contributed by atoms with Crippen LogP contribution < -0.4 is 5.32 Å². The Labute approximate surface area is 177 Å². The van der Waals surface area contributed by atoms with E-state index < -0.39 is 0 Å². The maximum atomic E-state index is 12.7. The summed E-state index contributed by atoms with van der Waals surface area (Å²) in [6.07, 6.45) is 2.89. The highest BCUT2D eigenvalue weighted by atomic mass is 16.5. The molecule has 1 amide bonds. The number of aliphatic imine (C=N–C) groups is 1. The van der Waals surface area contributed by atoms with Gasteiger partial charge >= 0.3 is 0 Å². The first-order valence-corrected chi connectivity index (χ1v) is 11.6. The molecule has 2 aliphatic rings. The summed E-state index contributed by atoms with van der Waals surface area (Å²) in [5.41, 5.74) is 0. The Morgan fingerprint density at radius 3 is 2.24 bits per heavy atom. The number of rotatable bonds is 8. The summed E-state index contributed by atoms with van der Waals surface area (Å²) in [5, 5.41) is 3.44. The highest BCUT2D eigenvalue weighted by Gasteiger charge is 2.30. The number of guanidine groups is 1. The van der Waals surface area contributed by atoms with Crippen LogP contribution in [0.25, 0.3) is 0 Å². The first kappa shape index (κ1) is 23.9. The van der Waals surface area contributed by atoms with E-state index in [1.807, 2.05) is 4.90 Å². The fraction of sp³-hybridized carbons (Fsp3) is 0.909. The molecule has 2 fully saturated rings. The minimum atomic E-state index is 0.151. The van der Waals surface area contributed by atoms with Gasteiger partial charge in [0.1, 0.15) is 0 Å². The molecule has 0 saturated carbocycles. The topological polar surface area (TPSA) is 60.4 Å². The van der Waals surface area contributed by atoms with Gasteiger partial charge in [-0.15, -0.1) is 0 Å². The number of likely N-dealkylation sites (tertiary alicyclic amines) is 1. The summed E-state index contributed by atoms with van der Waals surface area (Å²) in [4.78, 5) is 24.5. The van der Waals surface area contributed by atoms with E-state index in [2.05, 4.69) is 49.7 Å². The molecule has 0 spiro atoms. The normalized spacial score (nSPS) is 19.5. The van der Waals surface area contributed by atoms with Crippen molar-refractivity contribution in [3.8, 4) is 0 Å². The van der Waals surface area contributed by atoms with Crippen LogP contribution in [0.15, 0.2) is 4.99 Å². The van der Waals surface area contributed by atoms with Gasteiger partial charge < -0.3 is 19.9 Å². The number of hydrogen-bond acceptors (Lipinski definition) is 4. The Balaban J connectivity index is 1.81. The zero-order valence-electron chi connectivity index (χ0n) is 19.3. The highest BCUT2D eigenvalue weighted by molar-refractivity contribution is 5.81. The number of nitrogens with one attached hydrogen (secondary N) is 1. The maximum Gasteiger partial charge on any atom is 0.225 e. The van der Waals surface area contributed by atoms with Gasteiger partial charge in [0.15, 0.2) is 5.96 Å². The monoisotopic (exact) mass is 409 g/mol. The standard InChI is InChI=1S/C22H43N5O2/c1-6-23-22(24-10-7-11-27(18(2)3)19(4)5)26-12-8-20(9-13-26)21(28)25-14-16-29-17-15-25/h18-20H,6-17H2,1-5H3,(H,23,24). The van der Waals surface area contributed by atoms with E-state index in [1.165, 1.54) is 0 Å². The number of morpholine rings is 1. The molecular weight excluding hydrogens is 366 g/mol. The summed E-state index contributed by atoms with van der Waals surface area (Å²) in [6.45, 7) is 18.6. The summed E-state index contributed by atoms with van der Waals surface area (Å²) in [7, 11) is 0. The van der Waals surface area contributed by atoms with Crippen LogP contribution in [-0.4, -0.2) is 97.7 Å². The van der Waals surface area contributed by atoms with Gasteiger partial charge in [0.25, 0.3) is 0 Å². The molecule has 0 aromatic heterocycles. The largest absolute Gasteiger partial charge is 0.378 e. The average molecular weight is 410 g/mol. The molecule has 2 heterocycles. The SMILES string of the molecule is CCNC(=NCCCN(C(C)C)C(C)C)N1CCC(C(=O)N2CCOCC2)CC1. The minimum Gasteiger partial charge on any atom is -0.378 e. The molecule has 0 aromatic rings. The Morgan fingerprint density at radius 1 is 1.07 bits per heavy atom. The fourth-order valence-corrected chi connectivity index (χ4v) is 4.36. The number of nitrogens with zero attached hydrogens (tertiary/aromatic N) is 4. The Bertz CT molecular complexity index is 501. The molecule has 0 atom stereocenters. The number of hydrogen-bond donors (Lipinski definition) is 1. The predicted molar refractivity (Wildman–Crippen MR) is 119 cm³/mol. The first-order valence-electron chi connectivity index (χ1n) is 11.6. The van der Waals surface area contributed by atoms with Gasteiger partial charge in [-0.1, -0.05) is 0 Å². The molecule has 0 aromatic carbocycles. The number of piperidine rings is 1. The van der Waals surface area contributed by atoms with Crippen LogP contribution in [0.2, 0.25) is 0 Å². The molecule has 1 N–H and O–H groups in total. The second-order valence-corrected chi connectivity index (χ2v) is 8.71. The zero-order valence-corrected chi connectivity index (χ0v) is 19.3. The molecule has 0 aliphatic carbocycles. The molecule has 2 aliphatic heterocycles. The Hall–Kier alpha value is -1.34. The van der Waals surface area contributed by atoms with Crippen molar-refractivity contribution >= 4 is 11.9 Å². The van der Waals surface area contributed by atoms with Crippen molar-refractivity contribution in [3.63, 3.8) is 0 Å². The van der Waals surface area contributed by atoms with Crippen molar-refractivity contribution in [1.29, 1.82) is 0 Å². The first-order chi connectivity index (χ1) is 13.9. The van der Waals surface area contributed by atoms with Crippen LogP contribution in [0.1, 0.15) is 53.9 Å². The van der Waals surface area contributed by atoms with E-state index in [9.17, 15) is 4.79 Å². The Kier molecular flexibility index (Phi) is 10.2. The highest BCUT2D eigenvalue weighted by Crippen LogP contribution is 2.20. The summed E-state index contributed by atoms with van der Waals surface area (Å²) >= 11 is 0.